The Morgan fingerprint density at radius 2 is 2.10 bits per heavy atom. The van der Waals surface area contributed by atoms with Crippen LogP contribution in [0.3, 0.4) is 0 Å². The van der Waals surface area contributed by atoms with E-state index >= 15 is 0 Å². The summed E-state index contributed by atoms with van der Waals surface area (Å²) in [6.45, 7) is 2.00. The molecule has 2 aliphatic rings. The normalized spacial score (nSPS) is 28.6. The van der Waals surface area contributed by atoms with E-state index in [0.29, 0.717) is 21.4 Å². The second kappa shape index (κ2) is 5.23. The number of benzene rings is 1. The quantitative estimate of drug-likeness (QED) is 0.665. The average molecular weight is 337 g/mol. The van der Waals surface area contributed by atoms with Crippen LogP contribution in [0.4, 0.5) is 4.79 Å². The summed E-state index contributed by atoms with van der Waals surface area (Å²) in [5.41, 5.74) is -0.561. The van der Waals surface area contributed by atoms with Gasteiger partial charge < -0.3 is 0 Å². The van der Waals surface area contributed by atoms with Crippen LogP contribution < -0.4 is 9.78 Å². The molecule has 0 aromatic heterocycles. The van der Waals surface area contributed by atoms with Crippen molar-refractivity contribution >= 4 is 31.4 Å². The van der Waals surface area contributed by atoms with Crippen molar-refractivity contribution in [2.24, 2.45) is 0 Å². The van der Waals surface area contributed by atoms with Gasteiger partial charge in [0.05, 0.1) is 0 Å². The summed E-state index contributed by atoms with van der Waals surface area (Å²) < 4.78 is 1.35. The molecule has 20 heavy (non-hydrogen) atoms. The van der Waals surface area contributed by atoms with Crippen LogP contribution in [-0.4, -0.2) is 43.4 Å². The SMILES string of the molecule is CC[C@@]12CC[C@H](C[Se]c3ccccc3)N1C(=O)NC2=O. The molecule has 0 radical (unpaired) electrons. The molecular weight excluding hydrogens is 319 g/mol. The molecule has 1 N–H and O–H groups in total. The van der Waals surface area contributed by atoms with Gasteiger partial charge in [-0.25, -0.2) is 0 Å². The Morgan fingerprint density at radius 1 is 1.35 bits per heavy atom. The van der Waals surface area contributed by atoms with Crippen molar-refractivity contribution in [3.05, 3.63) is 30.3 Å². The van der Waals surface area contributed by atoms with Crippen molar-refractivity contribution in [2.75, 3.05) is 0 Å². The van der Waals surface area contributed by atoms with Gasteiger partial charge in [-0.3, -0.25) is 0 Å². The molecule has 0 unspecified atom stereocenters. The number of amides is 3. The van der Waals surface area contributed by atoms with Crippen LogP contribution >= 0.6 is 0 Å². The third-order valence-electron chi connectivity index (χ3n) is 4.35. The molecule has 2 fully saturated rings. The number of imide groups is 1. The summed E-state index contributed by atoms with van der Waals surface area (Å²) in [4.78, 5) is 26.0. The molecule has 0 aliphatic carbocycles. The molecule has 3 rings (SSSR count). The Hall–Kier alpha value is -1.32. The van der Waals surface area contributed by atoms with Gasteiger partial charge in [-0.05, 0) is 0 Å². The predicted octanol–water partition coefficient (Wildman–Crippen LogP) is 1.30. The van der Waals surface area contributed by atoms with E-state index in [2.05, 4.69) is 17.4 Å². The topological polar surface area (TPSA) is 49.4 Å². The average Bonchev–Trinajstić information content (AvgIpc) is 2.96. The third kappa shape index (κ3) is 2.05. The number of carbonyl (C=O) groups is 2. The number of rotatable bonds is 4. The molecule has 2 saturated heterocycles. The summed E-state index contributed by atoms with van der Waals surface area (Å²) in [7, 11) is 0. The number of fused-ring (bicyclic) bond motifs is 1. The maximum atomic E-state index is 12.1. The van der Waals surface area contributed by atoms with Gasteiger partial charge in [-0.1, -0.05) is 0 Å². The van der Waals surface area contributed by atoms with Gasteiger partial charge in [-0.2, -0.15) is 0 Å². The molecule has 3 amide bonds. The van der Waals surface area contributed by atoms with Crippen LogP contribution in [0.5, 0.6) is 0 Å². The van der Waals surface area contributed by atoms with Gasteiger partial charge in [-0.15, -0.1) is 0 Å². The first-order valence-corrected chi connectivity index (χ1v) is 9.07. The van der Waals surface area contributed by atoms with E-state index < -0.39 is 5.54 Å². The number of hydrogen-bond acceptors (Lipinski definition) is 2. The molecule has 2 aliphatic heterocycles. The first kappa shape index (κ1) is 13.7. The molecule has 0 saturated carbocycles. The molecule has 5 heteroatoms. The van der Waals surface area contributed by atoms with E-state index in [1.54, 1.807) is 0 Å². The predicted molar refractivity (Wildman–Crippen MR) is 78.1 cm³/mol. The molecule has 2 heterocycles. The summed E-state index contributed by atoms with van der Waals surface area (Å²) in [5, 5.41) is 3.48. The van der Waals surface area contributed by atoms with Crippen LogP contribution in [0, 0.1) is 0 Å². The van der Waals surface area contributed by atoms with E-state index in [9.17, 15) is 9.59 Å². The standard InChI is InChI=1S/C15H18N2O2Se/c1-2-15-9-8-11(17(15)14(19)16-13(15)18)10-20-12-6-4-3-5-7-12/h3-7,11H,2,8-10H2,1H3,(H,16,18,19)/t11-,15+/m1/s1. The molecule has 106 valence electrons. The monoisotopic (exact) mass is 338 g/mol. The fourth-order valence-electron chi connectivity index (χ4n) is 3.24. The van der Waals surface area contributed by atoms with Gasteiger partial charge in [0.25, 0.3) is 0 Å². The van der Waals surface area contributed by atoms with Crippen molar-refractivity contribution in [1.82, 2.24) is 10.2 Å². The van der Waals surface area contributed by atoms with Crippen LogP contribution in [-0.2, 0) is 4.79 Å². The fourth-order valence-corrected chi connectivity index (χ4v) is 5.44. The molecular formula is C15H18N2O2Se. The van der Waals surface area contributed by atoms with Gasteiger partial charge in [0.15, 0.2) is 0 Å². The molecule has 4 nitrogen and oxygen atoms in total. The summed E-state index contributed by atoms with van der Waals surface area (Å²) >= 11 is 0.349. The molecule has 1 aromatic carbocycles. The van der Waals surface area contributed by atoms with Crippen molar-refractivity contribution in [2.45, 2.75) is 43.1 Å². The minimum absolute atomic E-state index is 0.0975. The zero-order valence-corrected chi connectivity index (χ0v) is 13.2. The Labute approximate surface area is 125 Å². The number of nitrogens with one attached hydrogen (secondary N) is 1. The third-order valence-corrected chi connectivity index (χ3v) is 6.78. The second-order valence-corrected chi connectivity index (χ2v) is 7.63. The number of hydrogen-bond donors (Lipinski definition) is 1. The van der Waals surface area contributed by atoms with Gasteiger partial charge in [0.2, 0.25) is 0 Å². The van der Waals surface area contributed by atoms with Crippen molar-refractivity contribution in [3.8, 4) is 0 Å². The van der Waals surface area contributed by atoms with Gasteiger partial charge in [0.1, 0.15) is 0 Å². The zero-order valence-electron chi connectivity index (χ0n) is 11.5. The van der Waals surface area contributed by atoms with Crippen molar-refractivity contribution in [3.63, 3.8) is 0 Å². The van der Waals surface area contributed by atoms with E-state index in [-0.39, 0.29) is 18.0 Å². The van der Waals surface area contributed by atoms with E-state index in [4.69, 9.17) is 0 Å². The Kier molecular flexibility index (Phi) is 3.57. The number of urea groups is 1. The second-order valence-electron chi connectivity index (χ2n) is 5.33. The van der Waals surface area contributed by atoms with Gasteiger partial charge in [0, 0.05) is 0 Å². The molecule has 0 spiro atoms. The van der Waals surface area contributed by atoms with Crippen molar-refractivity contribution in [1.29, 1.82) is 0 Å². The summed E-state index contributed by atoms with van der Waals surface area (Å²) in [6.07, 6.45) is 2.46. The zero-order chi connectivity index (χ0) is 14.2. The number of nitrogens with zero attached hydrogens (tertiary/aromatic N) is 1. The molecule has 0 bridgehead atoms. The van der Waals surface area contributed by atoms with Crippen LogP contribution in [0.15, 0.2) is 30.3 Å². The molecule has 1 aromatic rings. The van der Waals surface area contributed by atoms with E-state index in [1.165, 1.54) is 4.46 Å². The van der Waals surface area contributed by atoms with Crippen LogP contribution in [0.1, 0.15) is 26.2 Å². The summed E-state index contributed by atoms with van der Waals surface area (Å²) in [5.74, 6) is -0.0975. The van der Waals surface area contributed by atoms with E-state index in [0.717, 1.165) is 18.2 Å². The Morgan fingerprint density at radius 3 is 2.80 bits per heavy atom. The minimum atomic E-state index is -0.561. The Balaban J connectivity index is 1.73. The van der Waals surface area contributed by atoms with Crippen LogP contribution in [0.25, 0.3) is 0 Å². The first-order chi connectivity index (χ1) is 9.67. The molecule has 2 atom stereocenters. The number of carbonyl (C=O) groups excluding carboxylic acids is 2. The fraction of sp³-hybridized carbons (Fsp3) is 0.467. The van der Waals surface area contributed by atoms with Crippen molar-refractivity contribution < 1.29 is 9.59 Å². The Bertz CT molecular complexity index is 534. The first-order valence-electron chi connectivity index (χ1n) is 7.00. The van der Waals surface area contributed by atoms with E-state index in [1.807, 2.05) is 30.0 Å². The van der Waals surface area contributed by atoms with Gasteiger partial charge >= 0.3 is 125 Å². The summed E-state index contributed by atoms with van der Waals surface area (Å²) in [6, 6.07) is 10.4. The maximum absolute atomic E-state index is 12.1. The van der Waals surface area contributed by atoms with Crippen LogP contribution in [0.2, 0.25) is 5.32 Å².